The van der Waals surface area contributed by atoms with Crippen LogP contribution in [-0.2, 0) is 0 Å². The molecule has 0 radical (unpaired) electrons. The highest BCUT2D eigenvalue weighted by Gasteiger charge is 2.24. The van der Waals surface area contributed by atoms with Crippen LogP contribution >= 0.6 is 22.9 Å². The molecule has 27 heavy (non-hydrogen) atoms. The predicted molar refractivity (Wildman–Crippen MR) is 100.0 cm³/mol. The van der Waals surface area contributed by atoms with E-state index < -0.39 is 5.78 Å². The fourth-order valence-corrected chi connectivity index (χ4v) is 3.41. The van der Waals surface area contributed by atoms with E-state index >= 15 is 0 Å². The minimum absolute atomic E-state index is 0.0223. The Hall–Kier alpha value is -3.10. The Morgan fingerprint density at radius 3 is 2.56 bits per heavy atom. The number of hydrogen-bond donors (Lipinski definition) is 1. The van der Waals surface area contributed by atoms with Crippen LogP contribution < -0.4 is 5.32 Å². The van der Waals surface area contributed by atoms with Crippen LogP contribution in [0.2, 0.25) is 5.15 Å². The maximum atomic E-state index is 13.0. The number of ketones is 1. The number of nitrogens with zero attached hydrogens (tertiary/aromatic N) is 3. The Morgan fingerprint density at radius 1 is 1.07 bits per heavy atom. The van der Waals surface area contributed by atoms with Gasteiger partial charge in [0.25, 0.3) is 11.7 Å². The van der Waals surface area contributed by atoms with Gasteiger partial charge in [-0.1, -0.05) is 58.4 Å². The Morgan fingerprint density at radius 2 is 1.81 bits per heavy atom. The quantitative estimate of drug-likeness (QED) is 0.477. The minimum atomic E-state index is -0.515. The van der Waals surface area contributed by atoms with E-state index in [4.69, 9.17) is 16.1 Å². The summed E-state index contributed by atoms with van der Waals surface area (Å²) in [4.78, 5) is 21.0. The summed E-state index contributed by atoms with van der Waals surface area (Å²) in [5.74, 6) is -0.726. The summed E-state index contributed by atoms with van der Waals surface area (Å²) in [5.41, 5.74) is 1.35. The molecule has 0 bridgehead atoms. The average molecular weight is 401 g/mol. The highest BCUT2D eigenvalue weighted by molar-refractivity contribution is 7.18. The predicted octanol–water partition coefficient (Wildman–Crippen LogP) is 4.96. The van der Waals surface area contributed by atoms with Crippen molar-refractivity contribution in [3.05, 3.63) is 76.3 Å². The molecule has 0 saturated heterocycles. The van der Waals surface area contributed by atoms with E-state index in [1.54, 1.807) is 12.1 Å². The number of rotatable bonds is 5. The molecule has 0 saturated carbocycles. The van der Waals surface area contributed by atoms with Gasteiger partial charge >= 0.3 is 0 Å². The zero-order valence-corrected chi connectivity index (χ0v) is 15.1. The Labute approximate surface area is 161 Å². The van der Waals surface area contributed by atoms with Crippen molar-refractivity contribution in [1.29, 1.82) is 0 Å². The van der Waals surface area contributed by atoms with Gasteiger partial charge in [-0.2, -0.15) is 4.98 Å². The highest BCUT2D eigenvalue weighted by atomic mass is 35.5. The van der Waals surface area contributed by atoms with Crippen molar-refractivity contribution in [2.75, 3.05) is 5.32 Å². The number of carbonyl (C=O) groups excluding carboxylic acids is 1. The van der Waals surface area contributed by atoms with Crippen LogP contribution in [0.25, 0.3) is 11.4 Å². The standard InChI is InChI=1S/C18H10ClFN4O2S/c19-15-14(27-18(22-15)21-12-8-6-11(20)7-9-12)13(25)17-23-16(24-26-17)10-4-2-1-3-5-10/h1-9H,(H,21,22). The third-order valence-corrected chi connectivity index (χ3v) is 4.89. The van der Waals surface area contributed by atoms with Gasteiger partial charge in [-0.15, -0.1) is 0 Å². The zero-order chi connectivity index (χ0) is 18.8. The van der Waals surface area contributed by atoms with Crippen molar-refractivity contribution in [2.45, 2.75) is 0 Å². The van der Waals surface area contributed by atoms with Gasteiger partial charge in [0.2, 0.25) is 5.82 Å². The summed E-state index contributed by atoms with van der Waals surface area (Å²) in [6.07, 6.45) is 0. The van der Waals surface area contributed by atoms with Crippen molar-refractivity contribution >= 4 is 39.5 Å². The molecule has 134 valence electrons. The number of thiazole rings is 1. The first-order chi connectivity index (χ1) is 13.1. The van der Waals surface area contributed by atoms with Gasteiger partial charge in [-0.25, -0.2) is 9.37 Å². The first kappa shape index (κ1) is 17.3. The van der Waals surface area contributed by atoms with Crippen molar-refractivity contribution < 1.29 is 13.7 Å². The van der Waals surface area contributed by atoms with Crippen LogP contribution in [0.3, 0.4) is 0 Å². The zero-order valence-electron chi connectivity index (χ0n) is 13.5. The molecule has 0 amide bonds. The molecule has 0 aliphatic carbocycles. The molecule has 0 aliphatic heterocycles. The molecule has 0 fully saturated rings. The SMILES string of the molecule is O=C(c1nc(-c2ccccc2)no1)c1sc(Nc2ccc(F)cc2)nc1Cl. The van der Waals surface area contributed by atoms with Crippen LogP contribution in [0.1, 0.15) is 15.6 Å². The third kappa shape index (κ3) is 3.71. The van der Waals surface area contributed by atoms with Gasteiger partial charge in [0.15, 0.2) is 10.3 Å². The molecule has 4 rings (SSSR count). The summed E-state index contributed by atoms with van der Waals surface area (Å²) in [7, 11) is 0. The molecule has 9 heteroatoms. The monoisotopic (exact) mass is 400 g/mol. The molecule has 2 heterocycles. The highest BCUT2D eigenvalue weighted by Crippen LogP contribution is 2.31. The number of aromatic nitrogens is 3. The minimum Gasteiger partial charge on any atom is -0.331 e. The summed E-state index contributed by atoms with van der Waals surface area (Å²) in [5, 5.41) is 7.20. The van der Waals surface area contributed by atoms with E-state index in [1.807, 2.05) is 30.3 Å². The molecular weight excluding hydrogens is 391 g/mol. The van der Waals surface area contributed by atoms with Gasteiger partial charge in [0, 0.05) is 11.3 Å². The van der Waals surface area contributed by atoms with Crippen LogP contribution in [0.4, 0.5) is 15.2 Å². The fourth-order valence-electron chi connectivity index (χ4n) is 2.27. The summed E-state index contributed by atoms with van der Waals surface area (Å²) >= 11 is 7.13. The topological polar surface area (TPSA) is 80.9 Å². The van der Waals surface area contributed by atoms with Gasteiger partial charge in [-0.3, -0.25) is 4.79 Å². The molecule has 2 aromatic carbocycles. The van der Waals surface area contributed by atoms with Crippen LogP contribution in [0.15, 0.2) is 59.1 Å². The Balaban J connectivity index is 1.57. The lowest BCUT2D eigenvalue weighted by Crippen LogP contribution is -1.99. The number of nitrogens with one attached hydrogen (secondary N) is 1. The van der Waals surface area contributed by atoms with Gasteiger partial charge < -0.3 is 9.84 Å². The lowest BCUT2D eigenvalue weighted by Gasteiger charge is -2.00. The molecule has 2 aromatic heterocycles. The van der Waals surface area contributed by atoms with Crippen molar-refractivity contribution in [1.82, 2.24) is 15.1 Å². The first-order valence-corrected chi connectivity index (χ1v) is 8.92. The Bertz CT molecular complexity index is 1100. The summed E-state index contributed by atoms with van der Waals surface area (Å²) < 4.78 is 18.1. The van der Waals surface area contributed by atoms with Crippen LogP contribution in [0, 0.1) is 5.82 Å². The van der Waals surface area contributed by atoms with Gasteiger partial charge in [-0.05, 0) is 24.3 Å². The third-order valence-electron chi connectivity index (χ3n) is 3.54. The van der Waals surface area contributed by atoms with E-state index in [2.05, 4.69) is 20.4 Å². The number of carbonyl (C=O) groups is 1. The number of hydrogen-bond acceptors (Lipinski definition) is 7. The van der Waals surface area contributed by atoms with E-state index in [-0.39, 0.29) is 21.7 Å². The average Bonchev–Trinajstić information content (AvgIpc) is 3.31. The molecular formula is C18H10ClFN4O2S. The van der Waals surface area contributed by atoms with E-state index in [9.17, 15) is 9.18 Å². The summed E-state index contributed by atoms with van der Waals surface area (Å²) in [6, 6.07) is 14.9. The smallest absolute Gasteiger partial charge is 0.300 e. The first-order valence-electron chi connectivity index (χ1n) is 7.73. The van der Waals surface area contributed by atoms with E-state index in [1.165, 1.54) is 12.1 Å². The normalized spacial score (nSPS) is 10.7. The Kier molecular flexibility index (Phi) is 4.66. The largest absolute Gasteiger partial charge is 0.331 e. The van der Waals surface area contributed by atoms with Gasteiger partial charge in [0.1, 0.15) is 10.7 Å². The maximum absolute atomic E-state index is 13.0. The lowest BCUT2D eigenvalue weighted by atomic mass is 10.2. The molecule has 0 aliphatic rings. The van der Waals surface area contributed by atoms with Gasteiger partial charge in [0.05, 0.1) is 0 Å². The van der Waals surface area contributed by atoms with E-state index in [0.29, 0.717) is 16.6 Å². The van der Waals surface area contributed by atoms with Crippen molar-refractivity contribution in [3.8, 4) is 11.4 Å². The second-order valence-electron chi connectivity index (χ2n) is 5.39. The fraction of sp³-hybridized carbons (Fsp3) is 0. The maximum Gasteiger partial charge on any atom is 0.300 e. The van der Waals surface area contributed by atoms with Crippen LogP contribution in [0.5, 0.6) is 0 Å². The number of halogens is 2. The summed E-state index contributed by atoms with van der Waals surface area (Å²) in [6.45, 7) is 0. The molecule has 1 N–H and O–H groups in total. The number of benzene rings is 2. The number of anilines is 2. The molecule has 0 unspecified atom stereocenters. The molecule has 0 atom stereocenters. The molecule has 0 spiro atoms. The molecule has 6 nitrogen and oxygen atoms in total. The van der Waals surface area contributed by atoms with Crippen molar-refractivity contribution in [3.63, 3.8) is 0 Å². The molecule has 4 aromatic rings. The second kappa shape index (κ2) is 7.26. The van der Waals surface area contributed by atoms with E-state index in [0.717, 1.165) is 16.9 Å². The van der Waals surface area contributed by atoms with Crippen LogP contribution in [-0.4, -0.2) is 20.9 Å². The van der Waals surface area contributed by atoms with Crippen molar-refractivity contribution in [2.24, 2.45) is 0 Å². The lowest BCUT2D eigenvalue weighted by molar-refractivity contribution is 0.0998. The second-order valence-corrected chi connectivity index (χ2v) is 6.75.